The molecule has 3 nitrogen and oxygen atoms in total. The maximum atomic E-state index is 12.0. The fraction of sp³-hybridized carbons (Fsp3) is 0.500. The summed E-state index contributed by atoms with van der Waals surface area (Å²) in [5.74, 6) is 0.383. The molecule has 1 aromatic heterocycles. The summed E-state index contributed by atoms with van der Waals surface area (Å²) in [6.45, 7) is 4.25. The van der Waals surface area contributed by atoms with Crippen LogP contribution in [-0.2, 0) is 0 Å². The molecular formula is C12H16BrClN2O. The zero-order valence-electron chi connectivity index (χ0n) is 9.91. The van der Waals surface area contributed by atoms with E-state index in [2.05, 4.69) is 40.1 Å². The molecule has 0 aromatic carbocycles. The summed E-state index contributed by atoms with van der Waals surface area (Å²) in [4.78, 5) is 15.8. The average molecular weight is 320 g/mol. The molecule has 0 spiro atoms. The van der Waals surface area contributed by atoms with Crippen LogP contribution in [0.2, 0.25) is 5.02 Å². The van der Waals surface area contributed by atoms with Crippen molar-refractivity contribution in [1.29, 1.82) is 0 Å². The fourth-order valence-electron chi connectivity index (χ4n) is 1.55. The molecule has 0 aliphatic rings. The number of carbonyl (C=O) groups excluding carboxylic acids is 1. The Hall–Kier alpha value is -0.610. The highest BCUT2D eigenvalue weighted by Gasteiger charge is 2.15. The second kappa shape index (κ2) is 6.97. The van der Waals surface area contributed by atoms with E-state index >= 15 is 0 Å². The van der Waals surface area contributed by atoms with Crippen molar-refractivity contribution in [2.45, 2.75) is 26.3 Å². The van der Waals surface area contributed by atoms with Gasteiger partial charge in [-0.3, -0.25) is 9.78 Å². The van der Waals surface area contributed by atoms with Crippen LogP contribution in [0, 0.1) is 5.92 Å². The van der Waals surface area contributed by atoms with Gasteiger partial charge in [-0.05, 0) is 18.4 Å². The Morgan fingerprint density at radius 3 is 2.82 bits per heavy atom. The lowest BCUT2D eigenvalue weighted by Gasteiger charge is -2.18. The number of nitrogens with zero attached hydrogens (tertiary/aromatic N) is 1. The number of alkyl halides is 1. The third kappa shape index (κ3) is 4.64. The van der Waals surface area contributed by atoms with Gasteiger partial charge >= 0.3 is 0 Å². The first-order chi connectivity index (χ1) is 8.04. The van der Waals surface area contributed by atoms with Gasteiger partial charge in [0.1, 0.15) is 0 Å². The summed E-state index contributed by atoms with van der Waals surface area (Å²) < 4.78 is 0. The zero-order chi connectivity index (χ0) is 12.8. The lowest BCUT2D eigenvalue weighted by Crippen LogP contribution is -2.37. The quantitative estimate of drug-likeness (QED) is 0.846. The predicted molar refractivity (Wildman–Crippen MR) is 73.8 cm³/mol. The molecule has 5 heteroatoms. The van der Waals surface area contributed by atoms with Crippen LogP contribution in [0.25, 0.3) is 0 Å². The number of nitrogens with one attached hydrogen (secondary N) is 1. The minimum Gasteiger partial charge on any atom is -0.348 e. The molecule has 1 rings (SSSR count). The molecular weight excluding hydrogens is 304 g/mol. The minimum atomic E-state index is -0.150. The van der Waals surface area contributed by atoms with Crippen molar-refractivity contribution in [3.63, 3.8) is 0 Å². The second-order valence-corrected chi connectivity index (χ2v) is 5.36. The molecule has 0 aliphatic carbocycles. The smallest absolute Gasteiger partial charge is 0.253 e. The Balaban J connectivity index is 2.68. The largest absolute Gasteiger partial charge is 0.348 e. The monoisotopic (exact) mass is 318 g/mol. The Kier molecular flexibility index (Phi) is 5.92. The summed E-state index contributed by atoms with van der Waals surface area (Å²) in [7, 11) is 0. The number of aromatic nitrogens is 1. The Morgan fingerprint density at radius 2 is 2.29 bits per heavy atom. The van der Waals surface area contributed by atoms with E-state index in [0.29, 0.717) is 16.5 Å². The van der Waals surface area contributed by atoms with Gasteiger partial charge in [-0.15, -0.1) is 0 Å². The molecule has 0 aliphatic heterocycles. The molecule has 0 bridgehead atoms. The Labute approximate surface area is 115 Å². The second-order valence-electron chi connectivity index (χ2n) is 4.31. The van der Waals surface area contributed by atoms with Crippen LogP contribution in [-0.4, -0.2) is 22.3 Å². The molecule has 0 fully saturated rings. The van der Waals surface area contributed by atoms with E-state index in [-0.39, 0.29) is 11.9 Å². The van der Waals surface area contributed by atoms with E-state index in [4.69, 9.17) is 11.6 Å². The Bertz CT molecular complexity index is 385. The van der Waals surface area contributed by atoms with Crippen LogP contribution in [0.3, 0.4) is 0 Å². The highest BCUT2D eigenvalue weighted by atomic mass is 79.9. The van der Waals surface area contributed by atoms with Gasteiger partial charge in [-0.25, -0.2) is 0 Å². The molecule has 1 amide bonds. The van der Waals surface area contributed by atoms with E-state index < -0.39 is 0 Å². The van der Waals surface area contributed by atoms with Crippen molar-refractivity contribution in [1.82, 2.24) is 10.3 Å². The van der Waals surface area contributed by atoms with Gasteiger partial charge in [0, 0.05) is 23.8 Å². The number of amides is 1. The van der Waals surface area contributed by atoms with E-state index in [1.165, 1.54) is 6.20 Å². The van der Waals surface area contributed by atoms with Crippen molar-refractivity contribution in [3.05, 3.63) is 29.0 Å². The molecule has 1 unspecified atom stereocenters. The number of hydrogen-bond acceptors (Lipinski definition) is 2. The number of halogens is 2. The van der Waals surface area contributed by atoms with Gasteiger partial charge in [-0.1, -0.05) is 41.4 Å². The highest BCUT2D eigenvalue weighted by Crippen LogP contribution is 2.14. The number of hydrogen-bond donors (Lipinski definition) is 1. The zero-order valence-corrected chi connectivity index (χ0v) is 12.3. The molecule has 0 radical (unpaired) electrons. The first kappa shape index (κ1) is 14.5. The van der Waals surface area contributed by atoms with E-state index in [1.807, 2.05) is 0 Å². The van der Waals surface area contributed by atoms with Gasteiger partial charge in [-0.2, -0.15) is 0 Å². The number of pyridine rings is 1. The SMILES string of the molecule is CC(C)CC(CBr)NC(=O)c1ccncc1Cl. The molecule has 1 aromatic rings. The molecule has 0 saturated heterocycles. The van der Waals surface area contributed by atoms with Crippen LogP contribution in [0.4, 0.5) is 0 Å². The van der Waals surface area contributed by atoms with Crippen LogP contribution < -0.4 is 5.32 Å². The number of carbonyl (C=O) groups is 1. The highest BCUT2D eigenvalue weighted by molar-refractivity contribution is 9.09. The van der Waals surface area contributed by atoms with Crippen molar-refractivity contribution in [2.24, 2.45) is 5.92 Å². The molecule has 17 heavy (non-hydrogen) atoms. The average Bonchev–Trinajstić information content (AvgIpc) is 2.27. The predicted octanol–water partition coefficient (Wildman–Crippen LogP) is 3.27. The fourth-order valence-corrected chi connectivity index (χ4v) is 2.18. The minimum absolute atomic E-state index is 0.117. The van der Waals surface area contributed by atoms with Crippen molar-refractivity contribution in [2.75, 3.05) is 5.33 Å². The van der Waals surface area contributed by atoms with Crippen LogP contribution in [0.15, 0.2) is 18.5 Å². The van der Waals surface area contributed by atoms with Gasteiger partial charge < -0.3 is 5.32 Å². The lowest BCUT2D eigenvalue weighted by molar-refractivity contribution is 0.0937. The molecule has 1 N–H and O–H groups in total. The van der Waals surface area contributed by atoms with Gasteiger partial charge in [0.2, 0.25) is 0 Å². The normalized spacial score (nSPS) is 12.5. The third-order valence-corrected chi connectivity index (χ3v) is 3.38. The van der Waals surface area contributed by atoms with Gasteiger partial charge in [0.05, 0.1) is 10.6 Å². The maximum Gasteiger partial charge on any atom is 0.253 e. The van der Waals surface area contributed by atoms with E-state index in [9.17, 15) is 4.79 Å². The summed E-state index contributed by atoms with van der Waals surface area (Å²) in [6.07, 6.45) is 3.97. The molecule has 1 heterocycles. The van der Waals surface area contributed by atoms with Crippen LogP contribution >= 0.6 is 27.5 Å². The number of rotatable bonds is 5. The topological polar surface area (TPSA) is 42.0 Å². The first-order valence-electron chi connectivity index (χ1n) is 5.51. The summed E-state index contributed by atoms with van der Waals surface area (Å²) in [5.41, 5.74) is 0.469. The van der Waals surface area contributed by atoms with Crippen molar-refractivity contribution in [3.8, 4) is 0 Å². The lowest BCUT2D eigenvalue weighted by atomic mass is 10.0. The maximum absolute atomic E-state index is 12.0. The standard InChI is InChI=1S/C12H16BrClN2O/c1-8(2)5-9(6-13)16-12(17)10-3-4-15-7-11(10)14/h3-4,7-9H,5-6H2,1-2H3,(H,16,17). The van der Waals surface area contributed by atoms with Crippen molar-refractivity contribution < 1.29 is 4.79 Å². The van der Waals surface area contributed by atoms with E-state index in [0.717, 1.165) is 11.8 Å². The third-order valence-electron chi connectivity index (χ3n) is 2.29. The van der Waals surface area contributed by atoms with E-state index in [1.54, 1.807) is 12.3 Å². The van der Waals surface area contributed by atoms with Crippen LogP contribution in [0.5, 0.6) is 0 Å². The van der Waals surface area contributed by atoms with Gasteiger partial charge in [0.25, 0.3) is 5.91 Å². The van der Waals surface area contributed by atoms with Gasteiger partial charge in [0.15, 0.2) is 0 Å². The summed E-state index contributed by atoms with van der Waals surface area (Å²) >= 11 is 9.32. The van der Waals surface area contributed by atoms with Crippen molar-refractivity contribution >= 4 is 33.4 Å². The first-order valence-corrected chi connectivity index (χ1v) is 7.01. The van der Waals surface area contributed by atoms with Crippen LogP contribution in [0.1, 0.15) is 30.6 Å². The molecule has 0 saturated carbocycles. The molecule has 94 valence electrons. The summed E-state index contributed by atoms with van der Waals surface area (Å²) in [5, 5.41) is 4.07. The Morgan fingerprint density at radius 1 is 1.59 bits per heavy atom. The molecule has 1 atom stereocenters. The summed E-state index contributed by atoms with van der Waals surface area (Å²) in [6, 6.07) is 1.74.